The van der Waals surface area contributed by atoms with Crippen LogP contribution in [0.15, 0.2) is 12.4 Å². The molecule has 1 aliphatic rings. The van der Waals surface area contributed by atoms with Gasteiger partial charge in [-0.3, -0.25) is 0 Å². The highest BCUT2D eigenvalue weighted by Gasteiger charge is 2.14. The first kappa shape index (κ1) is 14.1. The van der Waals surface area contributed by atoms with E-state index in [1.54, 1.807) is 12.4 Å². The number of hydrogen-bond donors (Lipinski definition) is 1. The van der Waals surface area contributed by atoms with Gasteiger partial charge in [0.25, 0.3) is 0 Å². The second-order valence-electron chi connectivity index (χ2n) is 5.18. The van der Waals surface area contributed by atoms with Crippen molar-refractivity contribution in [2.24, 2.45) is 0 Å². The van der Waals surface area contributed by atoms with Gasteiger partial charge in [0.15, 0.2) is 11.6 Å². The smallest absolute Gasteiger partial charge is 0.171 e. The summed E-state index contributed by atoms with van der Waals surface area (Å²) in [5.41, 5.74) is 0. The molecule has 106 valence electrons. The van der Waals surface area contributed by atoms with E-state index in [4.69, 9.17) is 4.74 Å². The summed E-state index contributed by atoms with van der Waals surface area (Å²) in [6, 6.07) is 0. The average Bonchev–Trinajstić information content (AvgIpc) is 2.92. The van der Waals surface area contributed by atoms with E-state index in [9.17, 15) is 0 Å². The van der Waals surface area contributed by atoms with Crippen LogP contribution in [-0.4, -0.2) is 43.3 Å². The lowest BCUT2D eigenvalue weighted by molar-refractivity contribution is 0.0583. The fourth-order valence-electron chi connectivity index (χ4n) is 2.37. The molecule has 0 aliphatic heterocycles. The van der Waals surface area contributed by atoms with E-state index >= 15 is 0 Å². The van der Waals surface area contributed by atoms with Gasteiger partial charge in [0.05, 0.1) is 6.10 Å². The minimum Gasteiger partial charge on any atom is -0.378 e. The van der Waals surface area contributed by atoms with Crippen LogP contribution in [0.2, 0.25) is 0 Å². The summed E-state index contributed by atoms with van der Waals surface area (Å²) < 4.78 is 5.83. The third-order valence-corrected chi connectivity index (χ3v) is 3.37. The van der Waals surface area contributed by atoms with Gasteiger partial charge in [0, 0.05) is 39.6 Å². The molecule has 1 aromatic heterocycles. The first-order valence-electron chi connectivity index (χ1n) is 7.11. The van der Waals surface area contributed by atoms with Gasteiger partial charge >= 0.3 is 0 Å². The quantitative estimate of drug-likeness (QED) is 0.766. The lowest BCUT2D eigenvalue weighted by Crippen LogP contribution is -2.16. The molecule has 5 nitrogen and oxygen atoms in total. The molecule has 1 aliphatic carbocycles. The molecule has 0 unspecified atom stereocenters. The molecular weight excluding hydrogens is 240 g/mol. The van der Waals surface area contributed by atoms with Gasteiger partial charge in [-0.25, -0.2) is 9.97 Å². The molecule has 1 heterocycles. The summed E-state index contributed by atoms with van der Waals surface area (Å²) in [7, 11) is 3.94. The Morgan fingerprint density at radius 3 is 2.74 bits per heavy atom. The standard InChI is InChI=1S/C14H24N4O/c1-18(2)14-13(16-9-10-17-14)15-8-5-11-19-12-6-3-4-7-12/h9-10,12H,3-8,11H2,1-2H3,(H,15,16). The van der Waals surface area contributed by atoms with Crippen molar-refractivity contribution in [3.8, 4) is 0 Å². The molecule has 1 aromatic rings. The van der Waals surface area contributed by atoms with Crippen LogP contribution in [0.3, 0.4) is 0 Å². The Labute approximate surface area is 115 Å². The monoisotopic (exact) mass is 264 g/mol. The third kappa shape index (κ3) is 4.35. The van der Waals surface area contributed by atoms with Crippen molar-refractivity contribution in [1.29, 1.82) is 0 Å². The van der Waals surface area contributed by atoms with Crippen LogP contribution in [0.5, 0.6) is 0 Å². The molecule has 0 aromatic carbocycles. The van der Waals surface area contributed by atoms with E-state index in [0.29, 0.717) is 6.10 Å². The van der Waals surface area contributed by atoms with Crippen LogP contribution in [0, 0.1) is 0 Å². The zero-order chi connectivity index (χ0) is 13.5. The Hall–Kier alpha value is -1.36. The van der Waals surface area contributed by atoms with Gasteiger partial charge in [-0.1, -0.05) is 12.8 Å². The van der Waals surface area contributed by atoms with E-state index in [-0.39, 0.29) is 0 Å². The summed E-state index contributed by atoms with van der Waals surface area (Å²) in [6.45, 7) is 1.70. The van der Waals surface area contributed by atoms with Crippen molar-refractivity contribution >= 4 is 11.6 Å². The number of nitrogens with one attached hydrogen (secondary N) is 1. The Bertz CT molecular complexity index is 377. The van der Waals surface area contributed by atoms with Crippen LogP contribution in [-0.2, 0) is 4.74 Å². The normalized spacial score (nSPS) is 15.7. The second-order valence-corrected chi connectivity index (χ2v) is 5.18. The molecule has 1 fully saturated rings. The number of rotatable bonds is 7. The molecule has 0 spiro atoms. The molecule has 0 saturated heterocycles. The van der Waals surface area contributed by atoms with E-state index in [1.807, 2.05) is 19.0 Å². The predicted molar refractivity (Wildman–Crippen MR) is 77.7 cm³/mol. The maximum Gasteiger partial charge on any atom is 0.171 e. The molecule has 0 amide bonds. The zero-order valence-electron chi connectivity index (χ0n) is 11.9. The van der Waals surface area contributed by atoms with E-state index < -0.39 is 0 Å². The lowest BCUT2D eigenvalue weighted by Gasteiger charge is -2.16. The fraction of sp³-hybridized carbons (Fsp3) is 0.714. The van der Waals surface area contributed by atoms with E-state index in [2.05, 4.69) is 15.3 Å². The lowest BCUT2D eigenvalue weighted by atomic mass is 10.3. The predicted octanol–water partition coefficient (Wildman–Crippen LogP) is 2.30. The number of anilines is 2. The molecule has 0 radical (unpaired) electrons. The zero-order valence-corrected chi connectivity index (χ0v) is 11.9. The number of nitrogens with zero attached hydrogens (tertiary/aromatic N) is 3. The van der Waals surface area contributed by atoms with Crippen molar-refractivity contribution in [2.75, 3.05) is 37.5 Å². The summed E-state index contributed by atoms with van der Waals surface area (Å²) in [5.74, 6) is 1.72. The fourth-order valence-corrected chi connectivity index (χ4v) is 2.37. The molecule has 1 saturated carbocycles. The SMILES string of the molecule is CN(C)c1nccnc1NCCCOC1CCCC1. The maximum absolute atomic E-state index is 5.83. The van der Waals surface area contributed by atoms with Crippen molar-refractivity contribution in [2.45, 2.75) is 38.2 Å². The summed E-state index contributed by atoms with van der Waals surface area (Å²) >= 11 is 0. The average molecular weight is 264 g/mol. The molecule has 0 bridgehead atoms. The highest BCUT2D eigenvalue weighted by atomic mass is 16.5. The number of aromatic nitrogens is 2. The molecule has 2 rings (SSSR count). The summed E-state index contributed by atoms with van der Waals surface area (Å²) in [4.78, 5) is 10.6. The Balaban J connectivity index is 1.67. The van der Waals surface area contributed by atoms with Gasteiger partial charge in [-0.05, 0) is 19.3 Å². The van der Waals surface area contributed by atoms with Crippen LogP contribution < -0.4 is 10.2 Å². The minimum absolute atomic E-state index is 0.508. The summed E-state index contributed by atoms with van der Waals surface area (Å²) in [5, 5.41) is 3.32. The molecule has 19 heavy (non-hydrogen) atoms. The third-order valence-electron chi connectivity index (χ3n) is 3.37. The first-order valence-corrected chi connectivity index (χ1v) is 7.11. The molecule has 0 atom stereocenters. The van der Waals surface area contributed by atoms with Gasteiger partial charge < -0.3 is 15.0 Å². The maximum atomic E-state index is 5.83. The largest absolute Gasteiger partial charge is 0.378 e. The van der Waals surface area contributed by atoms with Gasteiger partial charge in [0.2, 0.25) is 0 Å². The first-order chi connectivity index (χ1) is 9.27. The van der Waals surface area contributed by atoms with Gasteiger partial charge in [-0.2, -0.15) is 0 Å². The van der Waals surface area contributed by atoms with Crippen LogP contribution >= 0.6 is 0 Å². The molecule has 1 N–H and O–H groups in total. The van der Waals surface area contributed by atoms with Crippen LogP contribution in [0.4, 0.5) is 11.6 Å². The molecule has 5 heteroatoms. The minimum atomic E-state index is 0.508. The van der Waals surface area contributed by atoms with Gasteiger partial charge in [-0.15, -0.1) is 0 Å². The Morgan fingerprint density at radius 1 is 1.26 bits per heavy atom. The summed E-state index contributed by atoms with van der Waals surface area (Å²) in [6.07, 6.45) is 10.1. The Morgan fingerprint density at radius 2 is 2.00 bits per heavy atom. The van der Waals surface area contributed by atoms with Crippen molar-refractivity contribution in [3.05, 3.63) is 12.4 Å². The Kier molecular flexibility index (Phi) is 5.39. The molecular formula is C14H24N4O. The van der Waals surface area contributed by atoms with Gasteiger partial charge in [0.1, 0.15) is 0 Å². The van der Waals surface area contributed by atoms with E-state index in [0.717, 1.165) is 31.2 Å². The number of ether oxygens (including phenoxy) is 1. The topological polar surface area (TPSA) is 50.3 Å². The van der Waals surface area contributed by atoms with Crippen molar-refractivity contribution in [1.82, 2.24) is 9.97 Å². The van der Waals surface area contributed by atoms with Crippen LogP contribution in [0.25, 0.3) is 0 Å². The second kappa shape index (κ2) is 7.28. The van der Waals surface area contributed by atoms with E-state index in [1.165, 1.54) is 25.7 Å². The highest BCUT2D eigenvalue weighted by Crippen LogP contribution is 2.21. The van der Waals surface area contributed by atoms with Crippen LogP contribution in [0.1, 0.15) is 32.1 Å². The highest BCUT2D eigenvalue weighted by molar-refractivity contribution is 5.59. The van der Waals surface area contributed by atoms with Crippen molar-refractivity contribution in [3.63, 3.8) is 0 Å². The van der Waals surface area contributed by atoms with Crippen molar-refractivity contribution < 1.29 is 4.74 Å². The number of hydrogen-bond acceptors (Lipinski definition) is 5.